The fraction of sp³-hybridized carbons (Fsp3) is 0.233. The van der Waals surface area contributed by atoms with Crippen molar-refractivity contribution in [1.82, 2.24) is 15.3 Å². The van der Waals surface area contributed by atoms with Gasteiger partial charge in [-0.1, -0.05) is 78.0 Å². The molecule has 0 unspecified atom stereocenters. The van der Waals surface area contributed by atoms with Crippen molar-refractivity contribution < 1.29 is 4.79 Å². The van der Waals surface area contributed by atoms with E-state index in [1.807, 2.05) is 85.8 Å². The maximum atomic E-state index is 12.7. The van der Waals surface area contributed by atoms with Gasteiger partial charge in [-0.25, -0.2) is 9.97 Å². The fourth-order valence-corrected chi connectivity index (χ4v) is 5.56. The molecule has 1 saturated heterocycles. The maximum Gasteiger partial charge on any atom is 0.251 e. The van der Waals surface area contributed by atoms with Gasteiger partial charge in [-0.05, 0) is 42.3 Å². The third kappa shape index (κ3) is 6.65. The van der Waals surface area contributed by atoms with Crippen LogP contribution in [0, 0.1) is 6.92 Å². The van der Waals surface area contributed by atoms with Gasteiger partial charge in [-0.15, -0.1) is 0 Å². The molecule has 0 aliphatic carbocycles. The van der Waals surface area contributed by atoms with Crippen LogP contribution in [0.15, 0.2) is 90.1 Å². The van der Waals surface area contributed by atoms with Crippen LogP contribution in [0.1, 0.15) is 27.2 Å². The van der Waals surface area contributed by atoms with Crippen molar-refractivity contribution in [3.63, 3.8) is 0 Å². The van der Waals surface area contributed by atoms with Crippen LogP contribution in [0.25, 0.3) is 0 Å². The molecule has 1 aliphatic rings. The molecule has 0 spiro atoms. The van der Waals surface area contributed by atoms with E-state index in [1.165, 1.54) is 0 Å². The third-order valence-corrected chi connectivity index (χ3v) is 7.71. The van der Waals surface area contributed by atoms with Crippen molar-refractivity contribution in [2.75, 3.05) is 36.0 Å². The molecule has 5 rings (SSSR count). The number of thioether (sulfide) groups is 1. The number of aryl methyl sites for hydroxylation is 1. The number of para-hydroxylation sites is 1. The number of nitrogens with one attached hydrogen (secondary N) is 1. The Morgan fingerprint density at radius 2 is 1.58 bits per heavy atom. The molecule has 1 aromatic heterocycles. The van der Waals surface area contributed by atoms with Gasteiger partial charge in [0.2, 0.25) is 0 Å². The van der Waals surface area contributed by atoms with Crippen molar-refractivity contribution in [3.8, 4) is 0 Å². The van der Waals surface area contributed by atoms with Crippen molar-refractivity contribution in [3.05, 3.63) is 112 Å². The van der Waals surface area contributed by atoms with Crippen molar-refractivity contribution >= 4 is 40.8 Å². The van der Waals surface area contributed by atoms with Gasteiger partial charge in [0, 0.05) is 55.8 Å². The first-order chi connectivity index (χ1) is 18.5. The molecule has 0 atom stereocenters. The Morgan fingerprint density at radius 3 is 2.37 bits per heavy atom. The number of benzene rings is 3. The van der Waals surface area contributed by atoms with Crippen LogP contribution in [-0.4, -0.2) is 42.1 Å². The number of carbonyl (C=O) groups excluding carboxylic acids is 1. The standard InChI is InChI=1S/C30H30ClN5OS/c1-22-18-28(36-16-14-35(15-17-36)27-13-6-5-12-26(27)31)34-30(33-22)38-21-24-10-7-11-25(19-24)29(37)32-20-23-8-3-2-4-9-23/h2-13,18-19H,14-17,20-21H2,1H3,(H,32,37). The zero-order valence-corrected chi connectivity index (χ0v) is 22.9. The first kappa shape index (κ1) is 26.1. The average Bonchev–Trinajstić information content (AvgIpc) is 2.96. The summed E-state index contributed by atoms with van der Waals surface area (Å²) in [6, 6.07) is 27.7. The van der Waals surface area contributed by atoms with E-state index in [4.69, 9.17) is 16.6 Å². The molecule has 1 fully saturated rings. The molecule has 0 saturated carbocycles. The zero-order chi connectivity index (χ0) is 26.3. The SMILES string of the molecule is Cc1cc(N2CCN(c3ccccc3Cl)CC2)nc(SCc2cccc(C(=O)NCc3ccccc3)c2)n1. The van der Waals surface area contributed by atoms with E-state index in [1.54, 1.807) is 11.8 Å². The van der Waals surface area contributed by atoms with Gasteiger partial charge in [0.1, 0.15) is 5.82 Å². The van der Waals surface area contributed by atoms with E-state index in [0.29, 0.717) is 17.9 Å². The summed E-state index contributed by atoms with van der Waals surface area (Å²) in [5.41, 5.74) is 4.81. The number of rotatable bonds is 8. The van der Waals surface area contributed by atoms with Crippen LogP contribution in [0.2, 0.25) is 5.02 Å². The van der Waals surface area contributed by atoms with E-state index >= 15 is 0 Å². The highest BCUT2D eigenvalue weighted by Crippen LogP contribution is 2.28. The monoisotopic (exact) mass is 543 g/mol. The van der Waals surface area contributed by atoms with Gasteiger partial charge in [-0.3, -0.25) is 4.79 Å². The minimum Gasteiger partial charge on any atom is -0.367 e. The molecule has 8 heteroatoms. The van der Waals surface area contributed by atoms with Crippen molar-refractivity contribution in [2.45, 2.75) is 24.4 Å². The number of hydrogen-bond donors (Lipinski definition) is 1. The van der Waals surface area contributed by atoms with Crippen LogP contribution in [0.3, 0.4) is 0 Å². The lowest BCUT2D eigenvalue weighted by Gasteiger charge is -2.37. The van der Waals surface area contributed by atoms with E-state index in [0.717, 1.165) is 64.7 Å². The number of anilines is 2. The predicted molar refractivity (Wildman–Crippen MR) is 156 cm³/mol. The number of halogens is 1. The molecular formula is C30H30ClN5OS. The van der Waals surface area contributed by atoms with Gasteiger partial charge in [-0.2, -0.15) is 0 Å². The Balaban J connectivity index is 1.19. The molecule has 1 aliphatic heterocycles. The number of amides is 1. The molecule has 1 N–H and O–H groups in total. The first-order valence-corrected chi connectivity index (χ1v) is 14.1. The van der Waals surface area contributed by atoms with Crippen LogP contribution in [0.5, 0.6) is 0 Å². The molecule has 1 amide bonds. The van der Waals surface area contributed by atoms with Gasteiger partial charge < -0.3 is 15.1 Å². The van der Waals surface area contributed by atoms with Crippen LogP contribution in [-0.2, 0) is 12.3 Å². The Bertz CT molecular complexity index is 1390. The van der Waals surface area contributed by atoms with Gasteiger partial charge in [0.15, 0.2) is 5.16 Å². The van der Waals surface area contributed by atoms with Gasteiger partial charge >= 0.3 is 0 Å². The summed E-state index contributed by atoms with van der Waals surface area (Å²) >= 11 is 7.99. The smallest absolute Gasteiger partial charge is 0.251 e. The summed E-state index contributed by atoms with van der Waals surface area (Å²) < 4.78 is 0. The number of aromatic nitrogens is 2. The van der Waals surface area contributed by atoms with Gasteiger partial charge in [0.25, 0.3) is 5.91 Å². The second-order valence-electron chi connectivity index (χ2n) is 9.23. The zero-order valence-electron chi connectivity index (χ0n) is 21.3. The summed E-state index contributed by atoms with van der Waals surface area (Å²) in [6.07, 6.45) is 0. The number of piperazine rings is 1. The largest absolute Gasteiger partial charge is 0.367 e. The van der Waals surface area contributed by atoms with Crippen LogP contribution >= 0.6 is 23.4 Å². The maximum absolute atomic E-state index is 12.7. The second-order valence-corrected chi connectivity index (χ2v) is 10.6. The molecule has 0 bridgehead atoms. The Labute approximate surface area is 233 Å². The average molecular weight is 544 g/mol. The van der Waals surface area contributed by atoms with E-state index in [-0.39, 0.29) is 5.91 Å². The summed E-state index contributed by atoms with van der Waals surface area (Å²) in [6.45, 7) is 6.01. The molecule has 0 radical (unpaired) electrons. The number of carbonyl (C=O) groups is 1. The summed E-state index contributed by atoms with van der Waals surface area (Å²) in [7, 11) is 0. The molecule has 3 aromatic carbocycles. The lowest BCUT2D eigenvalue weighted by atomic mass is 10.1. The van der Waals surface area contributed by atoms with Crippen molar-refractivity contribution in [1.29, 1.82) is 0 Å². The van der Waals surface area contributed by atoms with Crippen molar-refractivity contribution in [2.24, 2.45) is 0 Å². The highest BCUT2D eigenvalue weighted by Gasteiger charge is 2.20. The minimum absolute atomic E-state index is 0.0780. The van der Waals surface area contributed by atoms with E-state index < -0.39 is 0 Å². The minimum atomic E-state index is -0.0780. The molecule has 194 valence electrons. The van der Waals surface area contributed by atoms with Crippen LogP contribution < -0.4 is 15.1 Å². The number of nitrogens with zero attached hydrogens (tertiary/aromatic N) is 4. The Kier molecular flexibility index (Phi) is 8.46. The van der Waals surface area contributed by atoms with E-state index in [2.05, 4.69) is 26.2 Å². The molecule has 2 heterocycles. The van der Waals surface area contributed by atoms with Crippen LogP contribution in [0.4, 0.5) is 11.5 Å². The summed E-state index contributed by atoms with van der Waals surface area (Å²) in [4.78, 5) is 26.8. The Morgan fingerprint density at radius 1 is 0.868 bits per heavy atom. The lowest BCUT2D eigenvalue weighted by molar-refractivity contribution is 0.0951. The number of hydrogen-bond acceptors (Lipinski definition) is 6. The topological polar surface area (TPSA) is 61.4 Å². The lowest BCUT2D eigenvalue weighted by Crippen LogP contribution is -2.47. The highest BCUT2D eigenvalue weighted by atomic mass is 35.5. The quantitative estimate of drug-likeness (QED) is 0.218. The highest BCUT2D eigenvalue weighted by molar-refractivity contribution is 7.98. The molecule has 6 nitrogen and oxygen atoms in total. The Hall–Kier alpha value is -3.55. The molecule has 4 aromatic rings. The normalized spacial score (nSPS) is 13.4. The van der Waals surface area contributed by atoms with Gasteiger partial charge in [0.05, 0.1) is 10.7 Å². The predicted octanol–water partition coefficient (Wildman–Crippen LogP) is 5.99. The molecule has 38 heavy (non-hydrogen) atoms. The second kappa shape index (κ2) is 12.3. The molecular weight excluding hydrogens is 514 g/mol. The summed E-state index contributed by atoms with van der Waals surface area (Å²) in [5, 5.41) is 4.53. The third-order valence-electron chi connectivity index (χ3n) is 6.47. The fourth-order valence-electron chi connectivity index (χ4n) is 4.47. The summed E-state index contributed by atoms with van der Waals surface area (Å²) in [5.74, 6) is 1.56. The van der Waals surface area contributed by atoms with E-state index in [9.17, 15) is 4.79 Å². The first-order valence-electron chi connectivity index (χ1n) is 12.7.